The fourth-order valence-electron chi connectivity index (χ4n) is 1.33. The number of amidine groups is 1. The van der Waals surface area contributed by atoms with Crippen LogP contribution in [0.25, 0.3) is 0 Å². The van der Waals surface area contributed by atoms with Gasteiger partial charge in [-0.05, 0) is 24.3 Å². The van der Waals surface area contributed by atoms with Gasteiger partial charge in [-0.2, -0.15) is 0 Å². The van der Waals surface area contributed by atoms with Gasteiger partial charge in [0.2, 0.25) is 5.88 Å². The molecule has 1 heterocycles. The Hall–Kier alpha value is -1.78. The van der Waals surface area contributed by atoms with Gasteiger partial charge in [0.25, 0.3) is 0 Å². The molecule has 0 fully saturated rings. The highest BCUT2D eigenvalue weighted by Gasteiger charge is 2.09. The molecule has 0 aliphatic rings. The van der Waals surface area contributed by atoms with Crippen molar-refractivity contribution in [2.24, 2.45) is 5.73 Å². The molecule has 2 rings (SSSR count). The van der Waals surface area contributed by atoms with E-state index >= 15 is 0 Å². The van der Waals surface area contributed by atoms with Gasteiger partial charge in [0, 0.05) is 12.3 Å². The van der Waals surface area contributed by atoms with Crippen LogP contribution < -0.4 is 10.5 Å². The molecule has 0 saturated carbocycles. The smallest absolute Gasteiger partial charge is 0.230 e. The Labute approximate surface area is 114 Å². The summed E-state index contributed by atoms with van der Waals surface area (Å²) in [7, 11) is 0. The number of pyridine rings is 1. The number of nitrogens with one attached hydrogen (secondary N) is 1. The average molecular weight is 282 g/mol. The van der Waals surface area contributed by atoms with Gasteiger partial charge in [0.05, 0.1) is 15.6 Å². The third-order valence-corrected chi connectivity index (χ3v) is 2.91. The zero-order chi connectivity index (χ0) is 13.1. The molecule has 6 heteroatoms. The first-order valence-electron chi connectivity index (χ1n) is 5.00. The van der Waals surface area contributed by atoms with E-state index in [2.05, 4.69) is 4.98 Å². The van der Waals surface area contributed by atoms with Gasteiger partial charge in [-0.1, -0.05) is 23.2 Å². The lowest BCUT2D eigenvalue weighted by Crippen LogP contribution is -2.12. The molecular weight excluding hydrogens is 273 g/mol. The van der Waals surface area contributed by atoms with Crippen LogP contribution in [-0.4, -0.2) is 10.8 Å². The minimum atomic E-state index is -0.113. The van der Waals surface area contributed by atoms with Gasteiger partial charge in [0.1, 0.15) is 11.6 Å². The van der Waals surface area contributed by atoms with Crippen LogP contribution in [0.2, 0.25) is 10.0 Å². The van der Waals surface area contributed by atoms with E-state index < -0.39 is 0 Å². The summed E-state index contributed by atoms with van der Waals surface area (Å²) in [5.41, 5.74) is 5.86. The molecule has 0 aliphatic carbocycles. The summed E-state index contributed by atoms with van der Waals surface area (Å²) < 4.78 is 5.53. The van der Waals surface area contributed by atoms with Crippen molar-refractivity contribution in [2.45, 2.75) is 0 Å². The first-order chi connectivity index (χ1) is 8.58. The molecule has 0 bridgehead atoms. The minimum Gasteiger partial charge on any atom is -0.438 e. The van der Waals surface area contributed by atoms with Crippen molar-refractivity contribution < 1.29 is 4.74 Å². The molecule has 0 spiro atoms. The molecule has 0 aliphatic heterocycles. The van der Waals surface area contributed by atoms with Crippen LogP contribution in [0.15, 0.2) is 36.5 Å². The van der Waals surface area contributed by atoms with Crippen molar-refractivity contribution in [1.29, 1.82) is 5.41 Å². The summed E-state index contributed by atoms with van der Waals surface area (Å²) in [5.74, 6) is 0.618. The second-order valence-corrected chi connectivity index (χ2v) is 4.26. The van der Waals surface area contributed by atoms with E-state index in [0.717, 1.165) is 0 Å². The van der Waals surface area contributed by atoms with E-state index in [0.29, 0.717) is 21.4 Å². The van der Waals surface area contributed by atoms with Crippen molar-refractivity contribution in [3.63, 3.8) is 0 Å². The SMILES string of the molecule is N=C(N)c1cccnc1Oc1ccc(Cl)c(Cl)c1. The quantitative estimate of drug-likeness (QED) is 0.668. The molecular formula is C12H9Cl2N3O. The van der Waals surface area contributed by atoms with Crippen molar-refractivity contribution in [3.8, 4) is 11.6 Å². The van der Waals surface area contributed by atoms with Gasteiger partial charge < -0.3 is 10.5 Å². The lowest BCUT2D eigenvalue weighted by atomic mass is 10.2. The van der Waals surface area contributed by atoms with Crippen LogP contribution in [0.3, 0.4) is 0 Å². The topological polar surface area (TPSA) is 72.0 Å². The molecule has 1 aromatic carbocycles. The molecule has 1 aromatic heterocycles. The predicted octanol–water partition coefficient (Wildman–Crippen LogP) is 3.46. The van der Waals surface area contributed by atoms with Crippen LogP contribution in [-0.2, 0) is 0 Å². The van der Waals surface area contributed by atoms with Crippen LogP contribution in [0.5, 0.6) is 11.6 Å². The van der Waals surface area contributed by atoms with Gasteiger partial charge in [-0.3, -0.25) is 5.41 Å². The Bertz CT molecular complexity index is 602. The summed E-state index contributed by atoms with van der Waals surface area (Å²) in [4.78, 5) is 4.03. The average Bonchev–Trinajstić information content (AvgIpc) is 2.34. The highest BCUT2D eigenvalue weighted by Crippen LogP contribution is 2.29. The Morgan fingerprint density at radius 2 is 2.00 bits per heavy atom. The lowest BCUT2D eigenvalue weighted by molar-refractivity contribution is 0.462. The zero-order valence-corrected chi connectivity index (χ0v) is 10.7. The molecule has 92 valence electrons. The molecule has 0 radical (unpaired) electrons. The van der Waals surface area contributed by atoms with E-state index in [1.54, 1.807) is 36.5 Å². The maximum absolute atomic E-state index is 7.43. The lowest BCUT2D eigenvalue weighted by Gasteiger charge is -2.09. The number of halogens is 2. The summed E-state index contributed by atoms with van der Waals surface area (Å²) in [6.45, 7) is 0. The Kier molecular flexibility index (Phi) is 3.69. The maximum atomic E-state index is 7.43. The fraction of sp³-hybridized carbons (Fsp3) is 0. The molecule has 0 atom stereocenters. The second-order valence-electron chi connectivity index (χ2n) is 3.45. The van der Waals surface area contributed by atoms with Crippen LogP contribution in [0.1, 0.15) is 5.56 Å². The predicted molar refractivity (Wildman–Crippen MR) is 71.8 cm³/mol. The Morgan fingerprint density at radius 1 is 1.22 bits per heavy atom. The Balaban J connectivity index is 2.34. The largest absolute Gasteiger partial charge is 0.438 e. The first kappa shape index (κ1) is 12.7. The van der Waals surface area contributed by atoms with Crippen LogP contribution in [0.4, 0.5) is 0 Å². The van der Waals surface area contributed by atoms with Crippen molar-refractivity contribution in [1.82, 2.24) is 4.98 Å². The molecule has 18 heavy (non-hydrogen) atoms. The number of ether oxygens (including phenoxy) is 1. The van der Waals surface area contributed by atoms with Crippen molar-refractivity contribution >= 4 is 29.0 Å². The van der Waals surface area contributed by atoms with E-state index in [4.69, 9.17) is 39.1 Å². The normalized spacial score (nSPS) is 10.1. The number of rotatable bonds is 3. The van der Waals surface area contributed by atoms with E-state index in [9.17, 15) is 0 Å². The van der Waals surface area contributed by atoms with E-state index in [1.165, 1.54) is 0 Å². The first-order valence-corrected chi connectivity index (χ1v) is 5.76. The number of nitrogens with zero attached hydrogens (tertiary/aromatic N) is 1. The monoisotopic (exact) mass is 281 g/mol. The number of aromatic nitrogens is 1. The fourth-order valence-corrected chi connectivity index (χ4v) is 1.62. The number of benzene rings is 1. The number of nitrogens with two attached hydrogens (primary N) is 1. The molecule has 0 amide bonds. The van der Waals surface area contributed by atoms with Crippen molar-refractivity contribution in [3.05, 3.63) is 52.1 Å². The number of nitrogen functional groups attached to an aromatic ring is 1. The molecule has 2 aromatic rings. The standard InChI is InChI=1S/C12H9Cl2N3O/c13-9-4-3-7(6-10(9)14)18-12-8(11(15)16)2-1-5-17-12/h1-6H,(H3,15,16). The number of hydrogen-bond acceptors (Lipinski definition) is 3. The highest BCUT2D eigenvalue weighted by molar-refractivity contribution is 6.42. The maximum Gasteiger partial charge on any atom is 0.230 e. The zero-order valence-electron chi connectivity index (χ0n) is 9.15. The highest BCUT2D eigenvalue weighted by atomic mass is 35.5. The molecule has 3 N–H and O–H groups in total. The minimum absolute atomic E-state index is 0.113. The van der Waals surface area contributed by atoms with Crippen molar-refractivity contribution in [2.75, 3.05) is 0 Å². The third kappa shape index (κ3) is 2.72. The third-order valence-electron chi connectivity index (χ3n) is 2.17. The van der Waals surface area contributed by atoms with Gasteiger partial charge >= 0.3 is 0 Å². The van der Waals surface area contributed by atoms with Gasteiger partial charge in [0.15, 0.2) is 0 Å². The Morgan fingerprint density at radius 3 is 2.67 bits per heavy atom. The molecule has 0 unspecified atom stereocenters. The molecule has 4 nitrogen and oxygen atoms in total. The summed E-state index contributed by atoms with van der Waals surface area (Å²) in [6.07, 6.45) is 1.55. The summed E-state index contributed by atoms with van der Waals surface area (Å²) >= 11 is 11.7. The van der Waals surface area contributed by atoms with Crippen LogP contribution in [0, 0.1) is 5.41 Å². The summed E-state index contributed by atoms with van der Waals surface area (Å²) in [6, 6.07) is 8.19. The van der Waals surface area contributed by atoms with Gasteiger partial charge in [-0.15, -0.1) is 0 Å². The van der Waals surface area contributed by atoms with Crippen LogP contribution >= 0.6 is 23.2 Å². The summed E-state index contributed by atoms with van der Waals surface area (Å²) in [5, 5.41) is 8.25. The van der Waals surface area contributed by atoms with E-state index in [1.807, 2.05) is 0 Å². The second kappa shape index (κ2) is 5.25. The van der Waals surface area contributed by atoms with Gasteiger partial charge in [-0.25, -0.2) is 4.98 Å². The van der Waals surface area contributed by atoms with E-state index in [-0.39, 0.29) is 11.7 Å². The number of hydrogen-bond donors (Lipinski definition) is 2. The molecule has 0 saturated heterocycles.